The lowest BCUT2D eigenvalue weighted by molar-refractivity contribution is 0.703. The molecule has 0 saturated carbocycles. The van der Waals surface area contributed by atoms with Crippen molar-refractivity contribution in [3.05, 3.63) is 52.7 Å². The fourth-order valence-corrected chi connectivity index (χ4v) is 2.22. The maximum absolute atomic E-state index is 9.25. The molecule has 0 aliphatic carbocycles. The molecule has 1 aromatic carbocycles. The Balaban J connectivity index is 1.99. The van der Waals surface area contributed by atoms with Crippen molar-refractivity contribution in [2.45, 2.75) is 33.1 Å². The third kappa shape index (κ3) is 3.57. The summed E-state index contributed by atoms with van der Waals surface area (Å²) in [5, 5.41) is 20.7. The van der Waals surface area contributed by atoms with E-state index in [2.05, 4.69) is 52.8 Å². The summed E-state index contributed by atoms with van der Waals surface area (Å²) in [5.41, 5.74) is 3.61. The molecule has 4 nitrogen and oxygen atoms in total. The van der Waals surface area contributed by atoms with Gasteiger partial charge in [0, 0.05) is 6.54 Å². The normalized spacial score (nSPS) is 11.7. The van der Waals surface area contributed by atoms with Crippen LogP contribution in [0.4, 0.5) is 5.82 Å². The quantitative estimate of drug-likeness (QED) is 0.909. The zero-order chi connectivity index (χ0) is 15.2. The van der Waals surface area contributed by atoms with Crippen LogP contribution in [-0.2, 0) is 0 Å². The molecule has 0 saturated heterocycles. The van der Waals surface area contributed by atoms with Gasteiger partial charge in [0.05, 0.1) is 5.69 Å². The topological polar surface area (TPSA) is 61.6 Å². The fraction of sp³-hybridized carbons (Fsp3) is 0.353. The van der Waals surface area contributed by atoms with Crippen LogP contribution in [0.25, 0.3) is 0 Å². The number of aromatic nitrogens is 2. The number of aryl methyl sites for hydroxylation is 1. The first-order valence-corrected chi connectivity index (χ1v) is 7.16. The smallest absolute Gasteiger partial charge is 0.166 e. The molecule has 2 rings (SSSR count). The summed E-state index contributed by atoms with van der Waals surface area (Å²) in [7, 11) is 0. The predicted molar refractivity (Wildman–Crippen MR) is 84.2 cm³/mol. The standard InChI is InChI=1S/C17H20N4/c1-12(15-7-5-4-6-8-15)9-10-19-17-16(11-18)13(2)14(3)20-21-17/h4-8,12H,9-10H2,1-3H3,(H,19,21). The molecule has 0 radical (unpaired) electrons. The molecule has 0 amide bonds. The molecule has 1 aromatic heterocycles. The lowest BCUT2D eigenvalue weighted by atomic mass is 9.98. The van der Waals surface area contributed by atoms with Crippen molar-refractivity contribution in [1.29, 1.82) is 5.26 Å². The van der Waals surface area contributed by atoms with Gasteiger partial charge in [0.2, 0.25) is 0 Å². The van der Waals surface area contributed by atoms with Crippen LogP contribution in [0.1, 0.15) is 41.6 Å². The first kappa shape index (κ1) is 15.0. The van der Waals surface area contributed by atoms with Crippen LogP contribution in [0, 0.1) is 25.2 Å². The summed E-state index contributed by atoms with van der Waals surface area (Å²) >= 11 is 0. The van der Waals surface area contributed by atoms with Gasteiger partial charge in [0.1, 0.15) is 11.6 Å². The van der Waals surface area contributed by atoms with Gasteiger partial charge in [-0.3, -0.25) is 0 Å². The first-order valence-electron chi connectivity index (χ1n) is 7.16. The van der Waals surface area contributed by atoms with E-state index in [4.69, 9.17) is 0 Å². The maximum Gasteiger partial charge on any atom is 0.166 e. The zero-order valence-corrected chi connectivity index (χ0v) is 12.7. The summed E-state index contributed by atoms with van der Waals surface area (Å²) in [5.74, 6) is 1.05. The minimum atomic E-state index is 0.462. The predicted octanol–water partition coefficient (Wildman–Crippen LogP) is 3.57. The van der Waals surface area contributed by atoms with Gasteiger partial charge >= 0.3 is 0 Å². The van der Waals surface area contributed by atoms with E-state index in [0.29, 0.717) is 17.3 Å². The summed E-state index contributed by atoms with van der Waals surface area (Å²) in [4.78, 5) is 0. The summed E-state index contributed by atoms with van der Waals surface area (Å²) < 4.78 is 0. The van der Waals surface area contributed by atoms with E-state index in [1.807, 2.05) is 19.9 Å². The molecule has 0 spiro atoms. The Hall–Kier alpha value is -2.41. The number of anilines is 1. The van der Waals surface area contributed by atoms with E-state index < -0.39 is 0 Å². The molecule has 0 fully saturated rings. The summed E-state index contributed by atoms with van der Waals surface area (Å²) in [6.07, 6.45) is 0.976. The van der Waals surface area contributed by atoms with E-state index in [-0.39, 0.29) is 0 Å². The van der Waals surface area contributed by atoms with E-state index in [9.17, 15) is 5.26 Å². The Morgan fingerprint density at radius 1 is 1.19 bits per heavy atom. The Morgan fingerprint density at radius 3 is 2.57 bits per heavy atom. The van der Waals surface area contributed by atoms with E-state index in [1.54, 1.807) is 0 Å². The minimum Gasteiger partial charge on any atom is -0.367 e. The number of hydrogen-bond acceptors (Lipinski definition) is 4. The molecule has 1 unspecified atom stereocenters. The van der Waals surface area contributed by atoms with Crippen molar-refractivity contribution < 1.29 is 0 Å². The van der Waals surface area contributed by atoms with E-state index in [0.717, 1.165) is 24.2 Å². The highest BCUT2D eigenvalue weighted by Crippen LogP contribution is 2.20. The average Bonchev–Trinajstić information content (AvgIpc) is 2.51. The lowest BCUT2D eigenvalue weighted by Crippen LogP contribution is -2.10. The Labute approximate surface area is 125 Å². The van der Waals surface area contributed by atoms with Gasteiger partial charge in [-0.2, -0.15) is 10.4 Å². The van der Waals surface area contributed by atoms with Gasteiger partial charge in [0.15, 0.2) is 5.82 Å². The Morgan fingerprint density at radius 2 is 1.90 bits per heavy atom. The van der Waals surface area contributed by atoms with Gasteiger partial charge in [-0.25, -0.2) is 0 Å². The number of nitrogens with one attached hydrogen (secondary N) is 1. The molecular weight excluding hydrogens is 260 g/mol. The number of rotatable bonds is 5. The van der Waals surface area contributed by atoms with Crippen LogP contribution in [0.2, 0.25) is 0 Å². The molecular formula is C17H20N4. The second-order valence-corrected chi connectivity index (χ2v) is 5.27. The highest BCUT2D eigenvalue weighted by atomic mass is 15.2. The number of nitrogens with zero attached hydrogens (tertiary/aromatic N) is 3. The largest absolute Gasteiger partial charge is 0.367 e. The van der Waals surface area contributed by atoms with Crippen molar-refractivity contribution in [1.82, 2.24) is 10.2 Å². The highest BCUT2D eigenvalue weighted by Gasteiger charge is 2.11. The highest BCUT2D eigenvalue weighted by molar-refractivity contribution is 5.55. The average molecular weight is 280 g/mol. The van der Waals surface area contributed by atoms with Crippen molar-refractivity contribution in [3.8, 4) is 6.07 Å². The minimum absolute atomic E-state index is 0.462. The van der Waals surface area contributed by atoms with Crippen molar-refractivity contribution >= 4 is 5.82 Å². The van der Waals surface area contributed by atoms with Gasteiger partial charge in [-0.05, 0) is 37.3 Å². The van der Waals surface area contributed by atoms with Crippen molar-refractivity contribution in [2.75, 3.05) is 11.9 Å². The van der Waals surface area contributed by atoms with Crippen LogP contribution >= 0.6 is 0 Å². The third-order valence-corrected chi connectivity index (χ3v) is 3.80. The van der Waals surface area contributed by atoms with Crippen molar-refractivity contribution in [2.24, 2.45) is 0 Å². The Kier molecular flexibility index (Phi) is 4.89. The second kappa shape index (κ2) is 6.85. The molecule has 21 heavy (non-hydrogen) atoms. The number of benzene rings is 1. The molecule has 1 heterocycles. The number of hydrogen-bond donors (Lipinski definition) is 1. The Bertz CT molecular complexity index is 644. The van der Waals surface area contributed by atoms with Crippen LogP contribution in [-0.4, -0.2) is 16.7 Å². The molecule has 1 atom stereocenters. The van der Waals surface area contributed by atoms with E-state index >= 15 is 0 Å². The molecule has 2 aromatic rings. The van der Waals surface area contributed by atoms with Crippen LogP contribution in [0.3, 0.4) is 0 Å². The lowest BCUT2D eigenvalue weighted by Gasteiger charge is -2.13. The molecule has 0 bridgehead atoms. The fourth-order valence-electron chi connectivity index (χ4n) is 2.22. The van der Waals surface area contributed by atoms with Gasteiger partial charge < -0.3 is 5.32 Å². The monoisotopic (exact) mass is 280 g/mol. The van der Waals surface area contributed by atoms with Crippen LogP contribution < -0.4 is 5.32 Å². The van der Waals surface area contributed by atoms with Gasteiger partial charge in [-0.1, -0.05) is 37.3 Å². The zero-order valence-electron chi connectivity index (χ0n) is 12.7. The van der Waals surface area contributed by atoms with Gasteiger partial charge in [0.25, 0.3) is 0 Å². The SMILES string of the molecule is Cc1nnc(NCCC(C)c2ccccc2)c(C#N)c1C. The molecule has 0 aliphatic heterocycles. The first-order chi connectivity index (χ1) is 10.1. The third-order valence-electron chi connectivity index (χ3n) is 3.80. The molecule has 0 aliphatic rings. The molecule has 4 heteroatoms. The maximum atomic E-state index is 9.25. The summed E-state index contributed by atoms with van der Waals surface area (Å²) in [6.45, 7) is 6.74. The van der Waals surface area contributed by atoms with Crippen LogP contribution in [0.15, 0.2) is 30.3 Å². The molecule has 108 valence electrons. The number of nitriles is 1. The van der Waals surface area contributed by atoms with Gasteiger partial charge in [-0.15, -0.1) is 5.10 Å². The second-order valence-electron chi connectivity index (χ2n) is 5.27. The molecule has 1 N–H and O–H groups in total. The van der Waals surface area contributed by atoms with E-state index in [1.165, 1.54) is 5.56 Å². The van der Waals surface area contributed by atoms with Crippen molar-refractivity contribution in [3.63, 3.8) is 0 Å². The van der Waals surface area contributed by atoms with Crippen LogP contribution in [0.5, 0.6) is 0 Å². The summed E-state index contributed by atoms with van der Waals surface area (Å²) in [6, 6.07) is 12.6.